The normalized spacial score (nSPS) is 11.1. The minimum atomic E-state index is -0.146. The summed E-state index contributed by atoms with van der Waals surface area (Å²) in [4.78, 5) is 15.6. The van der Waals surface area contributed by atoms with Gasteiger partial charge < -0.3 is 10.3 Å². The van der Waals surface area contributed by atoms with Crippen molar-refractivity contribution in [2.24, 2.45) is 0 Å². The molecule has 0 unspecified atom stereocenters. The van der Waals surface area contributed by atoms with Gasteiger partial charge in [0.05, 0.1) is 6.54 Å². The molecule has 0 saturated heterocycles. The molecule has 0 aliphatic heterocycles. The van der Waals surface area contributed by atoms with Crippen LogP contribution in [0.3, 0.4) is 0 Å². The van der Waals surface area contributed by atoms with Crippen LogP contribution in [0.25, 0.3) is 10.9 Å². The highest BCUT2D eigenvalue weighted by molar-refractivity contribution is 6.35. The minimum absolute atomic E-state index is 0.146. The second kappa shape index (κ2) is 8.49. The number of nitrogens with zero attached hydrogens (tertiary/aromatic N) is 2. The molecule has 2 aromatic carbocycles. The molecule has 0 radical (unpaired) electrons. The van der Waals surface area contributed by atoms with Gasteiger partial charge in [0.15, 0.2) is 5.82 Å². The first kappa shape index (κ1) is 19.8. The van der Waals surface area contributed by atoms with Gasteiger partial charge in [-0.3, -0.25) is 9.48 Å². The van der Waals surface area contributed by atoms with Crippen molar-refractivity contribution in [3.8, 4) is 0 Å². The van der Waals surface area contributed by atoms with Crippen molar-refractivity contribution in [3.05, 3.63) is 81.1 Å². The fourth-order valence-electron chi connectivity index (χ4n) is 3.17. The summed E-state index contributed by atoms with van der Waals surface area (Å²) in [6, 6.07) is 13.3. The van der Waals surface area contributed by atoms with Crippen LogP contribution in [0.4, 0.5) is 5.82 Å². The summed E-state index contributed by atoms with van der Waals surface area (Å²) in [6.07, 6.45) is 4.54. The number of aryl methyl sites for hydroxylation is 1. The van der Waals surface area contributed by atoms with E-state index < -0.39 is 0 Å². The van der Waals surface area contributed by atoms with Crippen LogP contribution < -0.4 is 5.32 Å². The molecule has 2 N–H and O–H groups in total. The number of aromatic amines is 1. The third-order valence-electron chi connectivity index (χ3n) is 4.62. The van der Waals surface area contributed by atoms with Gasteiger partial charge in [-0.2, -0.15) is 5.10 Å². The Morgan fingerprint density at radius 3 is 2.72 bits per heavy atom. The van der Waals surface area contributed by atoms with Gasteiger partial charge in [0, 0.05) is 39.8 Å². The highest BCUT2D eigenvalue weighted by Gasteiger charge is 2.13. The zero-order valence-corrected chi connectivity index (χ0v) is 17.5. The Morgan fingerprint density at radius 2 is 1.90 bits per heavy atom. The van der Waals surface area contributed by atoms with Crippen molar-refractivity contribution in [1.82, 2.24) is 14.8 Å². The number of hydrogen-bond donors (Lipinski definition) is 2. The number of fused-ring (bicyclic) bond motifs is 1. The number of rotatable bonds is 6. The zero-order valence-electron chi connectivity index (χ0n) is 15.3. The van der Waals surface area contributed by atoms with Gasteiger partial charge in [0.1, 0.15) is 5.02 Å². The number of anilines is 1. The van der Waals surface area contributed by atoms with Gasteiger partial charge in [-0.25, -0.2) is 0 Å². The summed E-state index contributed by atoms with van der Waals surface area (Å²) >= 11 is 18.4. The summed E-state index contributed by atoms with van der Waals surface area (Å²) in [5, 5.41) is 9.76. The molecular formula is C21H17Cl3N4O. The van der Waals surface area contributed by atoms with Crippen molar-refractivity contribution in [2.45, 2.75) is 19.4 Å². The van der Waals surface area contributed by atoms with E-state index in [2.05, 4.69) is 15.4 Å². The van der Waals surface area contributed by atoms with E-state index >= 15 is 0 Å². The SMILES string of the molecule is O=C(CCc1c[nH]c2ccccc12)Nc1nn(Cc2ccc(Cl)cc2Cl)cc1Cl. The topological polar surface area (TPSA) is 62.7 Å². The summed E-state index contributed by atoms with van der Waals surface area (Å²) in [5.74, 6) is 0.188. The lowest BCUT2D eigenvalue weighted by molar-refractivity contribution is -0.116. The maximum Gasteiger partial charge on any atom is 0.225 e. The standard InChI is InChI=1S/C21H17Cl3N4O/c22-15-7-5-14(17(23)9-15)11-28-12-18(24)21(27-28)26-20(29)8-6-13-10-25-19-4-2-1-3-16(13)19/h1-5,7,9-10,12,25H,6,8,11H2,(H,26,27,29). The quantitative estimate of drug-likeness (QED) is 0.384. The maximum atomic E-state index is 12.4. The maximum absolute atomic E-state index is 12.4. The number of nitrogens with one attached hydrogen (secondary N) is 2. The third kappa shape index (κ3) is 4.58. The van der Waals surface area contributed by atoms with E-state index in [-0.39, 0.29) is 5.91 Å². The number of hydrogen-bond acceptors (Lipinski definition) is 2. The number of carbonyl (C=O) groups excluding carboxylic acids is 1. The van der Waals surface area contributed by atoms with Gasteiger partial charge in [-0.15, -0.1) is 0 Å². The highest BCUT2D eigenvalue weighted by Crippen LogP contribution is 2.25. The molecule has 0 saturated carbocycles. The Balaban J connectivity index is 1.39. The Hall–Kier alpha value is -2.47. The molecule has 2 heterocycles. The molecule has 4 aromatic rings. The first-order valence-electron chi connectivity index (χ1n) is 9.01. The summed E-state index contributed by atoms with van der Waals surface area (Å²) < 4.78 is 1.63. The second-order valence-corrected chi connectivity index (χ2v) is 7.92. The van der Waals surface area contributed by atoms with Gasteiger partial charge in [0.2, 0.25) is 5.91 Å². The monoisotopic (exact) mass is 446 g/mol. The zero-order chi connectivity index (χ0) is 20.4. The van der Waals surface area contributed by atoms with Crippen molar-refractivity contribution in [2.75, 3.05) is 5.32 Å². The molecule has 0 aliphatic rings. The Morgan fingerprint density at radius 1 is 1.07 bits per heavy atom. The Kier molecular flexibility index (Phi) is 5.81. The molecule has 0 atom stereocenters. The largest absolute Gasteiger partial charge is 0.361 e. The number of benzene rings is 2. The van der Waals surface area contributed by atoms with E-state index in [4.69, 9.17) is 34.8 Å². The molecule has 0 bridgehead atoms. The lowest BCUT2D eigenvalue weighted by Gasteiger charge is -2.05. The molecule has 0 spiro atoms. The highest BCUT2D eigenvalue weighted by atomic mass is 35.5. The minimum Gasteiger partial charge on any atom is -0.361 e. The number of aromatic nitrogens is 3. The fraction of sp³-hybridized carbons (Fsp3) is 0.143. The smallest absolute Gasteiger partial charge is 0.225 e. The van der Waals surface area contributed by atoms with Crippen LogP contribution in [-0.2, 0) is 17.8 Å². The lowest BCUT2D eigenvalue weighted by atomic mass is 10.1. The third-order valence-corrected chi connectivity index (χ3v) is 5.48. The molecule has 148 valence electrons. The Bertz CT molecular complexity index is 1180. The molecule has 8 heteroatoms. The van der Waals surface area contributed by atoms with Crippen LogP contribution >= 0.6 is 34.8 Å². The van der Waals surface area contributed by atoms with Gasteiger partial charge in [0.25, 0.3) is 0 Å². The van der Waals surface area contributed by atoms with Crippen LogP contribution in [0.15, 0.2) is 54.9 Å². The van der Waals surface area contributed by atoms with E-state index in [0.29, 0.717) is 40.3 Å². The van der Waals surface area contributed by atoms with Crippen LogP contribution in [-0.4, -0.2) is 20.7 Å². The number of amides is 1. The van der Waals surface area contributed by atoms with Crippen molar-refractivity contribution in [3.63, 3.8) is 0 Å². The van der Waals surface area contributed by atoms with Crippen molar-refractivity contribution in [1.29, 1.82) is 0 Å². The summed E-state index contributed by atoms with van der Waals surface area (Å²) in [7, 11) is 0. The summed E-state index contributed by atoms with van der Waals surface area (Å²) in [6.45, 7) is 0.418. The van der Waals surface area contributed by atoms with Crippen molar-refractivity contribution >= 4 is 57.4 Å². The molecule has 4 rings (SSSR count). The van der Waals surface area contributed by atoms with Crippen LogP contribution in [0, 0.1) is 0 Å². The average Bonchev–Trinajstić information content (AvgIpc) is 3.26. The van der Waals surface area contributed by atoms with Gasteiger partial charge >= 0.3 is 0 Å². The molecular weight excluding hydrogens is 431 g/mol. The lowest BCUT2D eigenvalue weighted by Crippen LogP contribution is -2.13. The molecule has 29 heavy (non-hydrogen) atoms. The first-order chi connectivity index (χ1) is 14.0. The van der Waals surface area contributed by atoms with E-state index in [1.165, 1.54) is 0 Å². The van der Waals surface area contributed by atoms with E-state index in [1.807, 2.05) is 36.5 Å². The van der Waals surface area contributed by atoms with Crippen LogP contribution in [0.5, 0.6) is 0 Å². The number of H-pyrrole nitrogens is 1. The first-order valence-corrected chi connectivity index (χ1v) is 10.1. The Labute approximate surface area is 182 Å². The number of para-hydroxylation sites is 1. The van der Waals surface area contributed by atoms with E-state index in [1.54, 1.807) is 23.0 Å². The predicted molar refractivity (Wildman–Crippen MR) is 118 cm³/mol. The van der Waals surface area contributed by atoms with E-state index in [9.17, 15) is 4.79 Å². The van der Waals surface area contributed by atoms with Gasteiger partial charge in [-0.1, -0.05) is 59.1 Å². The molecule has 1 amide bonds. The van der Waals surface area contributed by atoms with E-state index in [0.717, 1.165) is 22.0 Å². The molecule has 5 nitrogen and oxygen atoms in total. The van der Waals surface area contributed by atoms with Crippen LogP contribution in [0.2, 0.25) is 15.1 Å². The molecule has 0 aliphatic carbocycles. The molecule has 0 fully saturated rings. The molecule has 2 aromatic heterocycles. The van der Waals surface area contributed by atoms with Gasteiger partial charge in [-0.05, 0) is 35.7 Å². The number of halogens is 3. The van der Waals surface area contributed by atoms with Crippen LogP contribution in [0.1, 0.15) is 17.5 Å². The summed E-state index contributed by atoms with van der Waals surface area (Å²) in [5.41, 5.74) is 3.02. The van der Waals surface area contributed by atoms with Crippen molar-refractivity contribution < 1.29 is 4.79 Å². The average molecular weight is 448 g/mol. The fourth-order valence-corrected chi connectivity index (χ4v) is 3.83. The number of carbonyl (C=O) groups is 1. The predicted octanol–water partition coefficient (Wildman–Crippen LogP) is 5.94. The second-order valence-electron chi connectivity index (χ2n) is 6.67.